The first-order valence-corrected chi connectivity index (χ1v) is 4.49. The molecule has 1 saturated heterocycles. The van der Waals surface area contributed by atoms with E-state index in [9.17, 15) is 0 Å². The monoisotopic (exact) mass is 166 g/mol. The van der Waals surface area contributed by atoms with E-state index in [1.54, 1.807) is 0 Å². The van der Waals surface area contributed by atoms with Gasteiger partial charge < -0.3 is 5.32 Å². The number of rotatable bonds is 0. The maximum Gasteiger partial charge on any atom is 0.0842 e. The summed E-state index contributed by atoms with van der Waals surface area (Å²) in [5.74, 6) is 2.82. The molecule has 1 N–H and O–H groups in total. The van der Waals surface area contributed by atoms with Crippen molar-refractivity contribution >= 4 is 0 Å². The van der Waals surface area contributed by atoms with Crippen molar-refractivity contribution in [3.05, 3.63) is 0 Å². The molecule has 0 aromatic rings. The SMILES string of the molecule is C#C[C@H]1CNCCN1C(C)(C)C. The zero-order valence-electron chi connectivity index (χ0n) is 8.22. The number of nitrogens with zero attached hydrogens (tertiary/aromatic N) is 1. The molecule has 0 bridgehead atoms. The summed E-state index contributed by atoms with van der Waals surface area (Å²) < 4.78 is 0. The van der Waals surface area contributed by atoms with Crippen LogP contribution in [-0.4, -0.2) is 36.1 Å². The predicted octanol–water partition coefficient (Wildman–Crippen LogP) is 0.692. The highest BCUT2D eigenvalue weighted by atomic mass is 15.3. The van der Waals surface area contributed by atoms with Crippen LogP contribution in [0.3, 0.4) is 0 Å². The van der Waals surface area contributed by atoms with Gasteiger partial charge in [-0.3, -0.25) is 4.90 Å². The first-order valence-electron chi connectivity index (χ1n) is 4.49. The largest absolute Gasteiger partial charge is 0.313 e. The van der Waals surface area contributed by atoms with E-state index in [-0.39, 0.29) is 11.6 Å². The minimum Gasteiger partial charge on any atom is -0.313 e. The van der Waals surface area contributed by atoms with Crippen molar-refractivity contribution in [2.45, 2.75) is 32.4 Å². The second kappa shape index (κ2) is 3.47. The van der Waals surface area contributed by atoms with E-state index in [1.807, 2.05) is 0 Å². The number of nitrogens with one attached hydrogen (secondary N) is 1. The van der Waals surface area contributed by atoms with E-state index in [0.717, 1.165) is 19.6 Å². The van der Waals surface area contributed by atoms with E-state index in [0.29, 0.717) is 0 Å². The highest BCUT2D eigenvalue weighted by Gasteiger charge is 2.29. The first-order chi connectivity index (χ1) is 5.55. The fourth-order valence-electron chi connectivity index (χ4n) is 1.66. The second-order valence-electron chi connectivity index (χ2n) is 4.25. The topological polar surface area (TPSA) is 15.3 Å². The summed E-state index contributed by atoms with van der Waals surface area (Å²) in [6, 6.07) is 0.263. The molecule has 2 heteroatoms. The van der Waals surface area contributed by atoms with Crippen molar-refractivity contribution in [2.75, 3.05) is 19.6 Å². The second-order valence-corrected chi connectivity index (χ2v) is 4.25. The third-order valence-electron chi connectivity index (χ3n) is 2.30. The smallest absolute Gasteiger partial charge is 0.0842 e. The maximum absolute atomic E-state index is 5.46. The van der Waals surface area contributed by atoms with E-state index >= 15 is 0 Å². The highest BCUT2D eigenvalue weighted by molar-refractivity contribution is 5.05. The fourth-order valence-corrected chi connectivity index (χ4v) is 1.66. The van der Waals surface area contributed by atoms with Gasteiger partial charge in [0.25, 0.3) is 0 Å². The van der Waals surface area contributed by atoms with Crippen molar-refractivity contribution in [2.24, 2.45) is 0 Å². The Morgan fingerprint density at radius 2 is 2.17 bits per heavy atom. The van der Waals surface area contributed by atoms with Crippen LogP contribution in [0.1, 0.15) is 20.8 Å². The molecule has 1 aliphatic heterocycles. The lowest BCUT2D eigenvalue weighted by atomic mass is 10.0. The Hall–Kier alpha value is -0.520. The Morgan fingerprint density at radius 1 is 1.50 bits per heavy atom. The molecular formula is C10H18N2. The molecule has 0 radical (unpaired) electrons. The number of hydrogen-bond donors (Lipinski definition) is 1. The van der Waals surface area contributed by atoms with Gasteiger partial charge in [0.1, 0.15) is 0 Å². The molecule has 0 unspecified atom stereocenters. The van der Waals surface area contributed by atoms with Crippen LogP contribution in [0.25, 0.3) is 0 Å². The van der Waals surface area contributed by atoms with Gasteiger partial charge in [-0.15, -0.1) is 6.42 Å². The van der Waals surface area contributed by atoms with Crippen LogP contribution < -0.4 is 5.32 Å². The molecule has 1 rings (SSSR count). The van der Waals surface area contributed by atoms with Crippen molar-refractivity contribution in [3.63, 3.8) is 0 Å². The minimum atomic E-state index is 0.194. The highest BCUT2D eigenvalue weighted by Crippen LogP contribution is 2.17. The first kappa shape index (κ1) is 9.57. The van der Waals surface area contributed by atoms with Crippen LogP contribution in [0.5, 0.6) is 0 Å². The third kappa shape index (κ3) is 2.00. The molecule has 2 nitrogen and oxygen atoms in total. The van der Waals surface area contributed by atoms with Crippen molar-refractivity contribution < 1.29 is 0 Å². The molecule has 1 fully saturated rings. The Kier molecular flexibility index (Phi) is 2.76. The van der Waals surface area contributed by atoms with Crippen LogP contribution in [0, 0.1) is 12.3 Å². The molecule has 1 atom stereocenters. The standard InChI is InChI=1S/C10H18N2/c1-5-9-8-11-6-7-12(9)10(2,3)4/h1,9,11H,6-8H2,2-4H3/t9-/m0/s1. The van der Waals surface area contributed by atoms with Gasteiger partial charge in [-0.05, 0) is 20.8 Å². The summed E-state index contributed by atoms with van der Waals surface area (Å²) in [7, 11) is 0. The van der Waals surface area contributed by atoms with Crippen molar-refractivity contribution in [1.29, 1.82) is 0 Å². The number of terminal acetylenes is 1. The molecule has 0 aromatic heterocycles. The molecular weight excluding hydrogens is 148 g/mol. The summed E-state index contributed by atoms with van der Waals surface area (Å²) >= 11 is 0. The Morgan fingerprint density at radius 3 is 2.58 bits per heavy atom. The average molecular weight is 166 g/mol. The Labute approximate surface area is 75.3 Å². The van der Waals surface area contributed by atoms with E-state index in [1.165, 1.54) is 0 Å². The van der Waals surface area contributed by atoms with Crippen LogP contribution in [-0.2, 0) is 0 Å². The Bertz CT molecular complexity index is 185. The van der Waals surface area contributed by atoms with Gasteiger partial charge in [0, 0.05) is 25.2 Å². The fraction of sp³-hybridized carbons (Fsp3) is 0.800. The quantitative estimate of drug-likeness (QED) is 0.533. The van der Waals surface area contributed by atoms with Crippen LogP contribution in [0.2, 0.25) is 0 Å². The van der Waals surface area contributed by atoms with Gasteiger partial charge in [-0.1, -0.05) is 5.92 Å². The Balaban J connectivity index is 2.67. The van der Waals surface area contributed by atoms with Crippen LogP contribution in [0.15, 0.2) is 0 Å². The van der Waals surface area contributed by atoms with Crippen molar-refractivity contribution in [3.8, 4) is 12.3 Å². The van der Waals surface area contributed by atoms with Gasteiger partial charge in [0.15, 0.2) is 0 Å². The van der Waals surface area contributed by atoms with Gasteiger partial charge in [-0.2, -0.15) is 0 Å². The summed E-state index contributed by atoms with van der Waals surface area (Å²) in [4.78, 5) is 2.38. The molecule has 0 aliphatic carbocycles. The number of piperazine rings is 1. The van der Waals surface area contributed by atoms with Crippen LogP contribution in [0.4, 0.5) is 0 Å². The third-order valence-corrected chi connectivity index (χ3v) is 2.30. The molecule has 0 aromatic carbocycles. The van der Waals surface area contributed by atoms with E-state index < -0.39 is 0 Å². The minimum absolute atomic E-state index is 0.194. The zero-order chi connectivity index (χ0) is 9.19. The van der Waals surface area contributed by atoms with Gasteiger partial charge in [0.2, 0.25) is 0 Å². The molecule has 12 heavy (non-hydrogen) atoms. The normalized spacial score (nSPS) is 26.7. The van der Waals surface area contributed by atoms with Gasteiger partial charge >= 0.3 is 0 Å². The predicted molar refractivity (Wildman–Crippen MR) is 51.9 cm³/mol. The maximum atomic E-state index is 5.46. The summed E-state index contributed by atoms with van der Waals surface area (Å²) in [5, 5.41) is 3.30. The molecule has 0 amide bonds. The molecule has 0 spiro atoms. The van der Waals surface area contributed by atoms with Gasteiger partial charge in [0.05, 0.1) is 6.04 Å². The molecule has 1 aliphatic rings. The average Bonchev–Trinajstić information content (AvgIpc) is 2.03. The lowest BCUT2D eigenvalue weighted by Crippen LogP contribution is -2.57. The lowest BCUT2D eigenvalue weighted by Gasteiger charge is -2.42. The van der Waals surface area contributed by atoms with E-state index in [4.69, 9.17) is 6.42 Å². The molecule has 0 saturated carbocycles. The zero-order valence-corrected chi connectivity index (χ0v) is 8.22. The number of hydrogen-bond acceptors (Lipinski definition) is 2. The van der Waals surface area contributed by atoms with Crippen LogP contribution >= 0.6 is 0 Å². The lowest BCUT2D eigenvalue weighted by molar-refractivity contribution is 0.0883. The molecule has 68 valence electrons. The summed E-state index contributed by atoms with van der Waals surface area (Å²) in [5.41, 5.74) is 0.194. The summed E-state index contributed by atoms with van der Waals surface area (Å²) in [6.45, 7) is 9.66. The van der Waals surface area contributed by atoms with E-state index in [2.05, 4.69) is 36.9 Å². The van der Waals surface area contributed by atoms with Crippen molar-refractivity contribution in [1.82, 2.24) is 10.2 Å². The van der Waals surface area contributed by atoms with Gasteiger partial charge in [-0.25, -0.2) is 0 Å². The summed E-state index contributed by atoms with van der Waals surface area (Å²) in [6.07, 6.45) is 5.46. The molecule has 1 heterocycles.